The quantitative estimate of drug-likeness (QED) is 0.728. The Morgan fingerprint density at radius 1 is 0.737 bits per heavy atom. The van der Waals surface area contributed by atoms with Crippen LogP contribution in [0.1, 0.15) is 0 Å². The van der Waals surface area contributed by atoms with Crippen molar-refractivity contribution in [3.63, 3.8) is 0 Å². The zero-order chi connectivity index (χ0) is 13.1. The van der Waals surface area contributed by atoms with Crippen molar-refractivity contribution in [3.8, 4) is 22.8 Å². The van der Waals surface area contributed by atoms with Gasteiger partial charge in [0.1, 0.15) is 0 Å². The van der Waals surface area contributed by atoms with Crippen molar-refractivity contribution in [2.45, 2.75) is 0 Å². The lowest BCUT2D eigenvalue weighted by molar-refractivity contribution is 1.02. The van der Waals surface area contributed by atoms with Crippen LogP contribution in [-0.2, 0) is 0 Å². The molecule has 0 amide bonds. The summed E-state index contributed by atoms with van der Waals surface area (Å²) in [6.07, 6.45) is 6.84. The number of aromatic nitrogens is 5. The lowest BCUT2D eigenvalue weighted by Crippen LogP contribution is -1.97. The number of pyridine rings is 2. The highest BCUT2D eigenvalue weighted by Gasteiger charge is 2.08. The minimum atomic E-state index is 0.494. The summed E-state index contributed by atoms with van der Waals surface area (Å²) in [5.41, 5.74) is 1.74. The van der Waals surface area contributed by atoms with Gasteiger partial charge in [0.05, 0.1) is 0 Å². The van der Waals surface area contributed by atoms with Gasteiger partial charge in [-0.25, -0.2) is 15.0 Å². The molecule has 3 rings (SSSR count). The van der Waals surface area contributed by atoms with Crippen LogP contribution in [0, 0.1) is 0 Å². The second-order valence-corrected chi connectivity index (χ2v) is 4.44. The molecule has 3 heterocycles. The topological polar surface area (TPSA) is 64.5 Å². The Kier molecular flexibility index (Phi) is 3.24. The van der Waals surface area contributed by atoms with Crippen molar-refractivity contribution < 1.29 is 0 Å². The maximum atomic E-state index is 4.45. The van der Waals surface area contributed by atoms with E-state index >= 15 is 0 Å². The van der Waals surface area contributed by atoms with Crippen LogP contribution in [0.25, 0.3) is 22.8 Å². The third-order valence-corrected chi connectivity index (χ3v) is 2.82. The molecule has 3 aromatic heterocycles. The molecule has 92 valence electrons. The SMILES string of the molecule is Brc1nc(-c2ccncc2)nc(-c2cccnc2)n1. The van der Waals surface area contributed by atoms with Crippen LogP contribution in [0.3, 0.4) is 0 Å². The molecule has 0 saturated heterocycles. The molecule has 3 aromatic rings. The molecule has 0 atom stereocenters. The van der Waals surface area contributed by atoms with E-state index in [1.54, 1.807) is 24.8 Å². The van der Waals surface area contributed by atoms with Gasteiger partial charge in [0.2, 0.25) is 4.73 Å². The van der Waals surface area contributed by atoms with Gasteiger partial charge < -0.3 is 0 Å². The summed E-state index contributed by atoms with van der Waals surface area (Å²) in [4.78, 5) is 21.0. The zero-order valence-electron chi connectivity index (χ0n) is 9.73. The molecule has 5 nitrogen and oxygen atoms in total. The van der Waals surface area contributed by atoms with Gasteiger partial charge in [-0.3, -0.25) is 9.97 Å². The van der Waals surface area contributed by atoms with Crippen LogP contribution in [0.5, 0.6) is 0 Å². The average Bonchev–Trinajstić information content (AvgIpc) is 2.48. The Balaban J connectivity index is 2.12. The molecule has 6 heteroatoms. The number of hydrogen-bond donors (Lipinski definition) is 0. The molecular formula is C13H8BrN5. The molecule has 0 aliphatic carbocycles. The van der Waals surface area contributed by atoms with Crippen molar-refractivity contribution in [2.75, 3.05) is 0 Å². The number of hydrogen-bond acceptors (Lipinski definition) is 5. The average molecular weight is 314 g/mol. The van der Waals surface area contributed by atoms with Gasteiger partial charge >= 0.3 is 0 Å². The monoisotopic (exact) mass is 313 g/mol. The largest absolute Gasteiger partial charge is 0.265 e. The summed E-state index contributed by atoms with van der Waals surface area (Å²) < 4.78 is 0.494. The minimum absolute atomic E-state index is 0.494. The molecule has 0 bridgehead atoms. The van der Waals surface area contributed by atoms with Gasteiger partial charge in [0.15, 0.2) is 11.6 Å². The van der Waals surface area contributed by atoms with E-state index < -0.39 is 0 Å². The Hall–Kier alpha value is -2.21. The van der Waals surface area contributed by atoms with Gasteiger partial charge in [-0.1, -0.05) is 0 Å². The van der Waals surface area contributed by atoms with Crippen molar-refractivity contribution in [1.82, 2.24) is 24.9 Å². The maximum Gasteiger partial charge on any atom is 0.200 e. The zero-order valence-corrected chi connectivity index (χ0v) is 11.3. The summed E-state index contributed by atoms with van der Waals surface area (Å²) >= 11 is 3.31. The van der Waals surface area contributed by atoms with E-state index in [0.717, 1.165) is 11.1 Å². The van der Waals surface area contributed by atoms with Crippen LogP contribution in [0.4, 0.5) is 0 Å². The number of nitrogens with zero attached hydrogens (tertiary/aromatic N) is 5. The van der Waals surface area contributed by atoms with E-state index in [1.807, 2.05) is 24.3 Å². The van der Waals surface area contributed by atoms with Crippen molar-refractivity contribution in [2.24, 2.45) is 0 Å². The standard InChI is InChI=1S/C13H8BrN5/c14-13-18-11(9-3-6-15-7-4-9)17-12(19-13)10-2-1-5-16-8-10/h1-8H. The van der Waals surface area contributed by atoms with Crippen molar-refractivity contribution in [3.05, 3.63) is 53.8 Å². The maximum absolute atomic E-state index is 4.45. The Bertz CT molecular complexity index is 630. The van der Waals surface area contributed by atoms with Crippen LogP contribution in [-0.4, -0.2) is 24.9 Å². The molecule has 0 spiro atoms. The highest BCUT2D eigenvalue weighted by Crippen LogP contribution is 2.20. The molecule has 0 aliphatic rings. The van der Waals surface area contributed by atoms with Gasteiger partial charge in [-0.05, 0) is 40.2 Å². The highest BCUT2D eigenvalue weighted by atomic mass is 79.9. The lowest BCUT2D eigenvalue weighted by Gasteiger charge is -2.04. The first-order valence-electron chi connectivity index (χ1n) is 5.55. The molecule has 0 unspecified atom stereocenters. The summed E-state index contributed by atoms with van der Waals surface area (Å²) in [5, 5.41) is 0. The molecule has 0 fully saturated rings. The summed E-state index contributed by atoms with van der Waals surface area (Å²) in [5.74, 6) is 1.19. The first-order chi connectivity index (χ1) is 9.33. The summed E-state index contributed by atoms with van der Waals surface area (Å²) in [6, 6.07) is 7.47. The predicted molar refractivity (Wildman–Crippen MR) is 74.0 cm³/mol. The van der Waals surface area contributed by atoms with Gasteiger partial charge in [0.25, 0.3) is 0 Å². The van der Waals surface area contributed by atoms with Crippen molar-refractivity contribution in [1.29, 1.82) is 0 Å². The normalized spacial score (nSPS) is 10.4. The molecular weight excluding hydrogens is 306 g/mol. The van der Waals surface area contributed by atoms with Crippen LogP contribution in [0.2, 0.25) is 0 Å². The third kappa shape index (κ3) is 2.63. The van der Waals surface area contributed by atoms with E-state index in [2.05, 4.69) is 40.8 Å². The first-order valence-corrected chi connectivity index (χ1v) is 6.34. The van der Waals surface area contributed by atoms with Crippen molar-refractivity contribution >= 4 is 15.9 Å². The summed E-state index contributed by atoms with van der Waals surface area (Å²) in [7, 11) is 0. The summed E-state index contributed by atoms with van der Waals surface area (Å²) in [6.45, 7) is 0. The molecule has 0 saturated carbocycles. The van der Waals surface area contributed by atoms with Gasteiger partial charge in [-0.2, -0.15) is 0 Å². The minimum Gasteiger partial charge on any atom is -0.265 e. The van der Waals surface area contributed by atoms with Crippen LogP contribution >= 0.6 is 15.9 Å². The molecule has 0 aliphatic heterocycles. The first kappa shape index (κ1) is 11.9. The second kappa shape index (κ2) is 5.19. The lowest BCUT2D eigenvalue weighted by atomic mass is 10.2. The molecule has 19 heavy (non-hydrogen) atoms. The van der Waals surface area contributed by atoms with Gasteiger partial charge in [0, 0.05) is 35.9 Å². The fourth-order valence-electron chi connectivity index (χ4n) is 1.60. The Labute approximate surface area is 118 Å². The molecule has 0 radical (unpaired) electrons. The smallest absolute Gasteiger partial charge is 0.200 e. The fraction of sp³-hybridized carbons (Fsp3) is 0. The molecule has 0 N–H and O–H groups in total. The Morgan fingerprint density at radius 2 is 1.47 bits per heavy atom. The number of halogens is 1. The van der Waals surface area contributed by atoms with E-state index in [9.17, 15) is 0 Å². The third-order valence-electron chi connectivity index (χ3n) is 2.47. The van der Waals surface area contributed by atoms with E-state index in [4.69, 9.17) is 0 Å². The fourth-order valence-corrected chi connectivity index (χ4v) is 1.94. The Morgan fingerprint density at radius 3 is 2.16 bits per heavy atom. The van der Waals surface area contributed by atoms with Crippen LogP contribution in [0.15, 0.2) is 53.8 Å². The highest BCUT2D eigenvalue weighted by molar-refractivity contribution is 9.10. The predicted octanol–water partition coefficient (Wildman–Crippen LogP) is 2.76. The van der Waals surface area contributed by atoms with E-state index in [0.29, 0.717) is 16.4 Å². The van der Waals surface area contributed by atoms with E-state index in [1.165, 1.54) is 0 Å². The molecule has 0 aromatic carbocycles. The van der Waals surface area contributed by atoms with Crippen LogP contribution < -0.4 is 0 Å². The van der Waals surface area contributed by atoms with E-state index in [-0.39, 0.29) is 0 Å². The second-order valence-electron chi connectivity index (χ2n) is 3.73. The number of rotatable bonds is 2. The van der Waals surface area contributed by atoms with Gasteiger partial charge in [-0.15, -0.1) is 0 Å².